The molecule has 0 saturated carbocycles. The summed E-state index contributed by atoms with van der Waals surface area (Å²) in [5, 5.41) is 0. The summed E-state index contributed by atoms with van der Waals surface area (Å²) in [5.41, 5.74) is 3.49. The predicted octanol–water partition coefficient (Wildman–Crippen LogP) is 2.61. The zero-order valence-electron chi connectivity index (χ0n) is 17.4. The lowest BCUT2D eigenvalue weighted by Gasteiger charge is -2.34. The van der Waals surface area contributed by atoms with Gasteiger partial charge in [0, 0.05) is 32.7 Å². The zero-order valence-corrected chi connectivity index (χ0v) is 18.2. The molecule has 4 rings (SSSR count). The molecule has 0 aliphatic carbocycles. The van der Waals surface area contributed by atoms with E-state index >= 15 is 0 Å². The van der Waals surface area contributed by atoms with E-state index in [0.29, 0.717) is 43.2 Å². The van der Waals surface area contributed by atoms with Gasteiger partial charge in [0.2, 0.25) is 10.0 Å². The maximum Gasteiger partial charge on any atom is 0.419 e. The van der Waals surface area contributed by atoms with Crippen LogP contribution in [0, 0.1) is 13.8 Å². The van der Waals surface area contributed by atoms with E-state index in [1.54, 1.807) is 27.1 Å². The molecule has 1 fully saturated rings. The van der Waals surface area contributed by atoms with Gasteiger partial charge in [0.15, 0.2) is 5.58 Å². The van der Waals surface area contributed by atoms with E-state index in [4.69, 9.17) is 4.42 Å². The molecule has 2 aromatic carbocycles. The number of sulfonamides is 1. The molecule has 2 heterocycles. The topological polar surface area (TPSA) is 75.8 Å². The Kier molecular flexibility index (Phi) is 5.81. The van der Waals surface area contributed by atoms with Crippen molar-refractivity contribution < 1.29 is 12.8 Å². The van der Waals surface area contributed by atoms with Crippen molar-refractivity contribution in [3.63, 3.8) is 0 Å². The normalized spacial score (nSPS) is 16.3. The second kappa shape index (κ2) is 8.37. The summed E-state index contributed by atoms with van der Waals surface area (Å²) in [6, 6.07) is 12.7. The highest BCUT2D eigenvalue weighted by atomic mass is 32.2. The Morgan fingerprint density at radius 3 is 2.40 bits per heavy atom. The zero-order chi connectivity index (χ0) is 21.3. The van der Waals surface area contributed by atoms with Crippen molar-refractivity contribution in [3.05, 3.63) is 64.1 Å². The van der Waals surface area contributed by atoms with Gasteiger partial charge in [-0.05, 0) is 62.2 Å². The molecule has 0 N–H and O–H groups in total. The van der Waals surface area contributed by atoms with Crippen molar-refractivity contribution in [1.82, 2.24) is 13.8 Å². The second-order valence-electron chi connectivity index (χ2n) is 7.83. The second-order valence-corrected chi connectivity index (χ2v) is 9.77. The van der Waals surface area contributed by atoms with Crippen LogP contribution in [0.1, 0.15) is 17.5 Å². The standard InChI is InChI=1S/C22H27N3O4S/c1-17-8-9-19(16-18(17)2)30(27,28)24-14-12-23(13-15-24)10-5-11-25-20-6-3-4-7-21(20)29-22(25)26/h3-4,6-9,16H,5,10-15H2,1-2H3. The fourth-order valence-corrected chi connectivity index (χ4v) is 5.40. The van der Waals surface area contributed by atoms with Crippen molar-refractivity contribution in [1.29, 1.82) is 0 Å². The van der Waals surface area contributed by atoms with Crippen LogP contribution in [-0.2, 0) is 16.6 Å². The Hall–Kier alpha value is -2.42. The number of para-hydroxylation sites is 2. The largest absolute Gasteiger partial charge is 0.419 e. The van der Waals surface area contributed by atoms with Crippen LogP contribution in [0.5, 0.6) is 0 Å². The molecular weight excluding hydrogens is 402 g/mol. The van der Waals surface area contributed by atoms with Gasteiger partial charge in [-0.15, -0.1) is 0 Å². The van der Waals surface area contributed by atoms with Crippen LogP contribution in [0.4, 0.5) is 0 Å². The van der Waals surface area contributed by atoms with Crippen LogP contribution in [0.3, 0.4) is 0 Å². The average molecular weight is 430 g/mol. The lowest BCUT2D eigenvalue weighted by molar-refractivity contribution is 0.184. The highest BCUT2D eigenvalue weighted by Crippen LogP contribution is 2.20. The number of rotatable bonds is 6. The quantitative estimate of drug-likeness (QED) is 0.602. The molecule has 0 unspecified atom stereocenters. The van der Waals surface area contributed by atoms with E-state index in [1.807, 2.05) is 38.1 Å². The van der Waals surface area contributed by atoms with E-state index in [2.05, 4.69) is 4.90 Å². The van der Waals surface area contributed by atoms with Gasteiger partial charge in [0.1, 0.15) is 0 Å². The van der Waals surface area contributed by atoms with Crippen LogP contribution in [0.2, 0.25) is 0 Å². The highest BCUT2D eigenvalue weighted by Gasteiger charge is 2.28. The number of fused-ring (bicyclic) bond motifs is 1. The number of aryl methyl sites for hydroxylation is 3. The maximum atomic E-state index is 12.9. The number of hydrogen-bond acceptors (Lipinski definition) is 5. The molecule has 8 heteroatoms. The predicted molar refractivity (Wildman–Crippen MR) is 116 cm³/mol. The van der Waals surface area contributed by atoms with Crippen LogP contribution in [-0.4, -0.2) is 54.9 Å². The molecule has 1 aliphatic rings. The van der Waals surface area contributed by atoms with Crippen LogP contribution in [0.25, 0.3) is 11.1 Å². The van der Waals surface area contributed by atoms with E-state index in [1.165, 1.54) is 0 Å². The highest BCUT2D eigenvalue weighted by molar-refractivity contribution is 7.89. The Balaban J connectivity index is 1.33. The third kappa shape index (κ3) is 4.08. The molecular formula is C22H27N3O4S. The molecule has 1 saturated heterocycles. The molecule has 1 aromatic heterocycles. The monoisotopic (exact) mass is 429 g/mol. The van der Waals surface area contributed by atoms with Gasteiger partial charge < -0.3 is 9.32 Å². The Morgan fingerprint density at radius 2 is 1.67 bits per heavy atom. The van der Waals surface area contributed by atoms with Crippen molar-refractivity contribution >= 4 is 21.1 Å². The van der Waals surface area contributed by atoms with E-state index in [0.717, 1.165) is 29.6 Å². The summed E-state index contributed by atoms with van der Waals surface area (Å²) < 4.78 is 34.4. The smallest absolute Gasteiger partial charge is 0.408 e. The first-order valence-corrected chi connectivity index (χ1v) is 11.7. The Bertz CT molecular complexity index is 1200. The summed E-state index contributed by atoms with van der Waals surface area (Å²) in [6.07, 6.45) is 0.799. The van der Waals surface area contributed by atoms with Crippen molar-refractivity contribution in [3.8, 4) is 0 Å². The maximum absolute atomic E-state index is 12.9. The van der Waals surface area contributed by atoms with Gasteiger partial charge in [0.05, 0.1) is 10.4 Å². The molecule has 0 spiro atoms. The lowest BCUT2D eigenvalue weighted by Crippen LogP contribution is -2.48. The first kappa shape index (κ1) is 20.8. The molecule has 1 aliphatic heterocycles. The minimum absolute atomic E-state index is 0.333. The fourth-order valence-electron chi connectivity index (χ4n) is 3.90. The number of piperazine rings is 1. The molecule has 3 aromatic rings. The molecule has 0 amide bonds. The summed E-state index contributed by atoms with van der Waals surface area (Å²) in [7, 11) is -3.46. The van der Waals surface area contributed by atoms with Crippen molar-refractivity contribution in [2.75, 3.05) is 32.7 Å². The number of hydrogen-bond donors (Lipinski definition) is 0. The van der Waals surface area contributed by atoms with E-state index < -0.39 is 10.0 Å². The SMILES string of the molecule is Cc1ccc(S(=O)(=O)N2CCN(CCCn3c(=O)oc4ccccc43)CC2)cc1C. The van der Waals surface area contributed by atoms with Crippen LogP contribution < -0.4 is 5.76 Å². The van der Waals surface area contributed by atoms with Gasteiger partial charge in [0.25, 0.3) is 0 Å². The molecule has 160 valence electrons. The van der Waals surface area contributed by atoms with E-state index in [9.17, 15) is 13.2 Å². The summed E-state index contributed by atoms with van der Waals surface area (Å²) in [4.78, 5) is 14.7. The molecule has 0 bridgehead atoms. The van der Waals surface area contributed by atoms with Crippen LogP contribution in [0.15, 0.2) is 56.6 Å². The van der Waals surface area contributed by atoms with Gasteiger partial charge in [-0.25, -0.2) is 13.2 Å². The average Bonchev–Trinajstić information content (AvgIpc) is 3.05. The minimum Gasteiger partial charge on any atom is -0.408 e. The molecule has 0 radical (unpaired) electrons. The minimum atomic E-state index is -3.46. The molecule has 30 heavy (non-hydrogen) atoms. The molecule has 7 nitrogen and oxygen atoms in total. The van der Waals surface area contributed by atoms with Crippen molar-refractivity contribution in [2.24, 2.45) is 0 Å². The fraction of sp³-hybridized carbons (Fsp3) is 0.409. The van der Waals surface area contributed by atoms with Gasteiger partial charge >= 0.3 is 5.76 Å². The lowest BCUT2D eigenvalue weighted by atomic mass is 10.1. The molecule has 0 atom stereocenters. The van der Waals surface area contributed by atoms with Gasteiger partial charge in [-0.2, -0.15) is 4.31 Å². The number of benzene rings is 2. The third-order valence-electron chi connectivity index (χ3n) is 5.88. The number of aromatic nitrogens is 1. The van der Waals surface area contributed by atoms with E-state index in [-0.39, 0.29) is 5.76 Å². The summed E-state index contributed by atoms with van der Waals surface area (Å²) in [6.45, 7) is 7.62. The Morgan fingerprint density at radius 1 is 0.933 bits per heavy atom. The number of nitrogens with zero attached hydrogens (tertiary/aromatic N) is 3. The van der Waals surface area contributed by atoms with Crippen molar-refractivity contribution in [2.45, 2.75) is 31.7 Å². The van der Waals surface area contributed by atoms with Gasteiger partial charge in [-0.3, -0.25) is 4.57 Å². The summed E-state index contributed by atoms with van der Waals surface area (Å²) >= 11 is 0. The third-order valence-corrected chi connectivity index (χ3v) is 7.77. The first-order chi connectivity index (χ1) is 14.4. The van der Waals surface area contributed by atoms with Crippen LogP contribution >= 0.6 is 0 Å². The Labute approximate surface area is 176 Å². The van der Waals surface area contributed by atoms with Gasteiger partial charge in [-0.1, -0.05) is 18.2 Å². The summed E-state index contributed by atoms with van der Waals surface area (Å²) in [5.74, 6) is -0.333. The number of oxazole rings is 1. The first-order valence-electron chi connectivity index (χ1n) is 10.2.